The third kappa shape index (κ3) is 8.39. The Balaban J connectivity index is 3.53. The third-order valence-corrected chi connectivity index (χ3v) is 3.64. The predicted molar refractivity (Wildman–Crippen MR) is 76.2 cm³/mol. The largest absolute Gasteiger partial charge is 0.329 e. The monoisotopic (exact) mass is 247 g/mol. The Labute approximate surface area is 106 Å². The van der Waals surface area contributed by atoms with Crippen molar-refractivity contribution >= 4 is 11.8 Å². The van der Waals surface area contributed by atoms with Crippen molar-refractivity contribution < 1.29 is 0 Å². The normalized spacial score (nSPS) is 13.3. The molecule has 0 aliphatic heterocycles. The van der Waals surface area contributed by atoms with Crippen molar-refractivity contribution in [3.05, 3.63) is 0 Å². The van der Waals surface area contributed by atoms with Crippen LogP contribution in [0, 0.1) is 0 Å². The molecule has 0 fully saturated rings. The van der Waals surface area contributed by atoms with Gasteiger partial charge in [0.1, 0.15) is 0 Å². The molecule has 0 saturated heterocycles. The molecule has 3 nitrogen and oxygen atoms in total. The zero-order chi connectivity index (χ0) is 12.2. The predicted octanol–water partition coefficient (Wildman–Crippen LogP) is 1.39. The lowest BCUT2D eigenvalue weighted by atomic mass is 10.1. The van der Waals surface area contributed by atoms with Gasteiger partial charge in [0, 0.05) is 25.7 Å². The Bertz CT molecular complexity index is 140. The van der Waals surface area contributed by atoms with E-state index in [1.807, 2.05) is 11.8 Å². The van der Waals surface area contributed by atoms with Crippen LogP contribution in [0.5, 0.6) is 0 Å². The molecule has 0 aromatic carbocycles. The highest BCUT2D eigenvalue weighted by Crippen LogP contribution is 2.02. The highest BCUT2D eigenvalue weighted by atomic mass is 32.2. The van der Waals surface area contributed by atoms with Gasteiger partial charge in [0.2, 0.25) is 0 Å². The summed E-state index contributed by atoms with van der Waals surface area (Å²) in [4.78, 5) is 2.43. The molecule has 0 saturated carbocycles. The van der Waals surface area contributed by atoms with Gasteiger partial charge in [0.25, 0.3) is 0 Å². The van der Waals surface area contributed by atoms with Crippen LogP contribution in [0.4, 0.5) is 0 Å². The summed E-state index contributed by atoms with van der Waals surface area (Å²) in [5.74, 6) is 1.24. The van der Waals surface area contributed by atoms with Crippen molar-refractivity contribution in [3.63, 3.8) is 0 Å². The molecule has 1 atom stereocenters. The molecule has 0 spiro atoms. The molecule has 0 aliphatic rings. The van der Waals surface area contributed by atoms with Crippen LogP contribution in [0.1, 0.15) is 26.7 Å². The minimum absolute atomic E-state index is 0.503. The maximum absolute atomic E-state index is 5.75. The number of thioether (sulfide) groups is 1. The second kappa shape index (κ2) is 11.7. The molecule has 0 heterocycles. The average molecular weight is 247 g/mol. The van der Waals surface area contributed by atoms with Gasteiger partial charge in [0.05, 0.1) is 0 Å². The first kappa shape index (κ1) is 16.2. The Kier molecular flexibility index (Phi) is 11.9. The third-order valence-electron chi connectivity index (χ3n) is 2.94. The van der Waals surface area contributed by atoms with Crippen molar-refractivity contribution in [2.24, 2.45) is 5.73 Å². The molecule has 98 valence electrons. The van der Waals surface area contributed by atoms with E-state index in [1.54, 1.807) is 0 Å². The summed E-state index contributed by atoms with van der Waals surface area (Å²) in [6.45, 7) is 9.64. The van der Waals surface area contributed by atoms with Crippen LogP contribution in [0.2, 0.25) is 0 Å². The fourth-order valence-electron chi connectivity index (χ4n) is 1.74. The van der Waals surface area contributed by atoms with E-state index < -0.39 is 0 Å². The smallest absolute Gasteiger partial charge is 0.0191 e. The van der Waals surface area contributed by atoms with Crippen LogP contribution in [0.3, 0.4) is 0 Å². The number of likely N-dealkylation sites (N-methyl/N-ethyl adjacent to an activating group) is 1. The van der Waals surface area contributed by atoms with Crippen molar-refractivity contribution in [1.82, 2.24) is 10.2 Å². The van der Waals surface area contributed by atoms with Crippen LogP contribution in [-0.2, 0) is 0 Å². The quantitative estimate of drug-likeness (QED) is 0.541. The van der Waals surface area contributed by atoms with Crippen molar-refractivity contribution in [1.29, 1.82) is 0 Å². The lowest BCUT2D eigenvalue weighted by Crippen LogP contribution is -2.41. The van der Waals surface area contributed by atoms with Gasteiger partial charge in [0.15, 0.2) is 0 Å². The molecule has 0 amide bonds. The van der Waals surface area contributed by atoms with E-state index in [0.29, 0.717) is 6.04 Å². The molecular weight excluding hydrogens is 218 g/mol. The second-order valence-electron chi connectivity index (χ2n) is 4.05. The van der Waals surface area contributed by atoms with Crippen molar-refractivity contribution in [2.45, 2.75) is 32.7 Å². The number of nitrogens with zero attached hydrogens (tertiary/aromatic N) is 1. The highest BCUT2D eigenvalue weighted by molar-refractivity contribution is 7.98. The maximum Gasteiger partial charge on any atom is 0.0191 e. The minimum Gasteiger partial charge on any atom is -0.329 e. The van der Waals surface area contributed by atoms with E-state index in [-0.39, 0.29) is 0 Å². The lowest BCUT2D eigenvalue weighted by Gasteiger charge is -2.21. The zero-order valence-corrected chi connectivity index (χ0v) is 12.0. The molecule has 16 heavy (non-hydrogen) atoms. The van der Waals surface area contributed by atoms with E-state index in [9.17, 15) is 0 Å². The van der Waals surface area contributed by atoms with E-state index in [0.717, 1.165) is 32.7 Å². The van der Waals surface area contributed by atoms with E-state index >= 15 is 0 Å². The molecule has 0 rings (SSSR count). The minimum atomic E-state index is 0.503. The van der Waals surface area contributed by atoms with Gasteiger partial charge in [-0.15, -0.1) is 0 Å². The fraction of sp³-hybridized carbons (Fsp3) is 1.00. The van der Waals surface area contributed by atoms with Gasteiger partial charge in [-0.25, -0.2) is 0 Å². The standard InChI is InChI=1S/C12H29N3S/c1-4-15(5-2)9-8-14-12(11-13)7-6-10-16-3/h12,14H,4-11,13H2,1-3H3. The number of hydrogen-bond acceptors (Lipinski definition) is 4. The topological polar surface area (TPSA) is 41.3 Å². The number of rotatable bonds is 11. The molecule has 0 aliphatic carbocycles. The summed E-state index contributed by atoms with van der Waals surface area (Å²) in [6, 6.07) is 0.503. The summed E-state index contributed by atoms with van der Waals surface area (Å²) in [6.07, 6.45) is 4.63. The average Bonchev–Trinajstić information content (AvgIpc) is 2.32. The molecule has 3 N–H and O–H groups in total. The molecule has 4 heteroatoms. The van der Waals surface area contributed by atoms with E-state index in [1.165, 1.54) is 18.6 Å². The van der Waals surface area contributed by atoms with Crippen LogP contribution < -0.4 is 11.1 Å². The Morgan fingerprint density at radius 2 is 2.00 bits per heavy atom. The van der Waals surface area contributed by atoms with Gasteiger partial charge in [-0.3, -0.25) is 0 Å². The lowest BCUT2D eigenvalue weighted by molar-refractivity contribution is 0.294. The summed E-state index contributed by atoms with van der Waals surface area (Å²) in [5.41, 5.74) is 5.75. The van der Waals surface area contributed by atoms with Crippen molar-refractivity contribution in [3.8, 4) is 0 Å². The molecule has 1 unspecified atom stereocenters. The fourth-order valence-corrected chi connectivity index (χ4v) is 2.20. The van der Waals surface area contributed by atoms with Gasteiger partial charge >= 0.3 is 0 Å². The molecule has 0 aromatic heterocycles. The highest BCUT2D eigenvalue weighted by Gasteiger charge is 2.05. The first-order valence-electron chi connectivity index (χ1n) is 6.43. The summed E-state index contributed by atoms with van der Waals surface area (Å²) in [5, 5.41) is 3.55. The van der Waals surface area contributed by atoms with E-state index in [4.69, 9.17) is 5.73 Å². The van der Waals surface area contributed by atoms with Gasteiger partial charge in [-0.1, -0.05) is 13.8 Å². The van der Waals surface area contributed by atoms with Crippen LogP contribution >= 0.6 is 11.8 Å². The molecule has 0 aromatic rings. The number of nitrogens with two attached hydrogens (primary N) is 1. The zero-order valence-electron chi connectivity index (χ0n) is 11.2. The van der Waals surface area contributed by atoms with Gasteiger partial charge < -0.3 is 16.0 Å². The van der Waals surface area contributed by atoms with Crippen molar-refractivity contribution in [2.75, 3.05) is 44.7 Å². The second-order valence-corrected chi connectivity index (χ2v) is 5.03. The van der Waals surface area contributed by atoms with Crippen LogP contribution in [0.15, 0.2) is 0 Å². The molecule has 0 bridgehead atoms. The summed E-state index contributed by atoms with van der Waals surface area (Å²) in [7, 11) is 0. The summed E-state index contributed by atoms with van der Waals surface area (Å²) >= 11 is 1.91. The Hall–Kier alpha value is 0.230. The molecular formula is C12H29N3S. The maximum atomic E-state index is 5.75. The first-order chi connectivity index (χ1) is 7.78. The Morgan fingerprint density at radius 3 is 2.50 bits per heavy atom. The Morgan fingerprint density at radius 1 is 1.31 bits per heavy atom. The van der Waals surface area contributed by atoms with E-state index in [2.05, 4.69) is 30.3 Å². The van der Waals surface area contributed by atoms with Crippen LogP contribution in [0.25, 0.3) is 0 Å². The number of nitrogens with one attached hydrogen (secondary N) is 1. The number of hydrogen-bond donors (Lipinski definition) is 2. The molecule has 0 radical (unpaired) electrons. The summed E-state index contributed by atoms with van der Waals surface area (Å²) < 4.78 is 0. The van der Waals surface area contributed by atoms with Crippen LogP contribution in [-0.4, -0.2) is 55.7 Å². The van der Waals surface area contributed by atoms with Gasteiger partial charge in [-0.2, -0.15) is 11.8 Å². The first-order valence-corrected chi connectivity index (χ1v) is 7.82. The SMILES string of the molecule is CCN(CC)CCNC(CN)CCCSC. The van der Waals surface area contributed by atoms with Gasteiger partial charge in [-0.05, 0) is 37.9 Å².